The normalized spacial score (nSPS) is 12.5. The van der Waals surface area contributed by atoms with Crippen molar-refractivity contribution in [3.8, 4) is 0 Å². The fourth-order valence-corrected chi connectivity index (χ4v) is 1.56. The van der Waals surface area contributed by atoms with Crippen molar-refractivity contribution in [3.63, 3.8) is 0 Å². The first-order chi connectivity index (χ1) is 9.53. The maximum Gasteiger partial charge on any atom is 0.244 e. The number of amides is 1. The van der Waals surface area contributed by atoms with Gasteiger partial charge in [0.2, 0.25) is 5.91 Å². The molecule has 0 unspecified atom stereocenters. The molecule has 0 saturated carbocycles. The first-order valence-corrected chi connectivity index (χ1v) is 7.03. The van der Waals surface area contributed by atoms with Crippen LogP contribution >= 0.6 is 0 Å². The topological polar surface area (TPSA) is 52.6 Å². The minimum atomic E-state index is -0.996. The third-order valence-electron chi connectivity index (χ3n) is 3.80. The summed E-state index contributed by atoms with van der Waals surface area (Å²) in [5.41, 5.74) is 0.365. The molecule has 0 aromatic heterocycles. The highest BCUT2D eigenvalue weighted by atomic mass is 16.3. The van der Waals surface area contributed by atoms with Crippen LogP contribution in [0.25, 0.3) is 6.08 Å². The lowest BCUT2D eigenvalue weighted by Gasteiger charge is -2.37. The van der Waals surface area contributed by atoms with Crippen molar-refractivity contribution in [3.05, 3.63) is 35.9 Å². The van der Waals surface area contributed by atoms with E-state index in [9.17, 15) is 9.90 Å². The Kier molecular flexibility index (Phi) is 5.18. The van der Waals surface area contributed by atoms with Gasteiger partial charge in [0.05, 0.1) is 11.1 Å². The number of benzene rings is 1. The van der Waals surface area contributed by atoms with Gasteiger partial charge in [0.25, 0.3) is 0 Å². The lowest BCUT2D eigenvalue weighted by atomic mass is 9.86. The number of hydrogen-bond acceptors (Lipinski definition) is 3. The van der Waals surface area contributed by atoms with Crippen molar-refractivity contribution in [2.24, 2.45) is 0 Å². The number of anilines is 1. The molecule has 0 heterocycles. The van der Waals surface area contributed by atoms with Gasteiger partial charge in [0, 0.05) is 25.9 Å². The molecule has 0 aliphatic heterocycles. The van der Waals surface area contributed by atoms with Gasteiger partial charge >= 0.3 is 0 Å². The predicted octanol–water partition coefficient (Wildman–Crippen LogP) is 2.43. The van der Waals surface area contributed by atoms with Crippen molar-refractivity contribution >= 4 is 17.7 Å². The molecule has 4 heteroatoms. The molecule has 0 aliphatic carbocycles. The van der Waals surface area contributed by atoms with Gasteiger partial charge in [-0.05, 0) is 51.5 Å². The van der Waals surface area contributed by atoms with E-state index in [4.69, 9.17) is 0 Å². The molecular weight excluding hydrogens is 264 g/mol. The molecule has 1 amide bonds. The molecule has 0 fully saturated rings. The van der Waals surface area contributed by atoms with Crippen molar-refractivity contribution in [1.29, 1.82) is 0 Å². The van der Waals surface area contributed by atoms with E-state index in [2.05, 4.69) is 5.32 Å². The summed E-state index contributed by atoms with van der Waals surface area (Å²) in [4.78, 5) is 14.0. The molecule has 0 aliphatic rings. The SMILES string of the molecule is CN(C)c1ccc(/C=C/C(=O)NC(C)(C)C(C)(C)O)cc1. The third-order valence-corrected chi connectivity index (χ3v) is 3.80. The number of carbonyl (C=O) groups excluding carboxylic acids is 1. The molecule has 0 saturated heterocycles. The van der Waals surface area contributed by atoms with Crippen LogP contribution in [0.5, 0.6) is 0 Å². The Morgan fingerprint density at radius 1 is 1.14 bits per heavy atom. The molecule has 0 atom stereocenters. The van der Waals surface area contributed by atoms with Gasteiger partial charge < -0.3 is 15.3 Å². The molecule has 0 spiro atoms. The maximum absolute atomic E-state index is 11.9. The Labute approximate surface area is 127 Å². The fourth-order valence-electron chi connectivity index (χ4n) is 1.56. The van der Waals surface area contributed by atoms with Crippen LogP contribution in [0.4, 0.5) is 5.69 Å². The fraction of sp³-hybridized carbons (Fsp3) is 0.471. The van der Waals surface area contributed by atoms with E-state index in [1.165, 1.54) is 6.08 Å². The smallest absolute Gasteiger partial charge is 0.244 e. The van der Waals surface area contributed by atoms with Gasteiger partial charge in [-0.3, -0.25) is 4.79 Å². The summed E-state index contributed by atoms with van der Waals surface area (Å²) in [6, 6.07) is 7.91. The average molecular weight is 290 g/mol. The quantitative estimate of drug-likeness (QED) is 0.819. The molecular formula is C17H26N2O2. The molecule has 1 aromatic rings. The highest BCUT2D eigenvalue weighted by Gasteiger charge is 2.35. The van der Waals surface area contributed by atoms with E-state index in [0.717, 1.165) is 11.3 Å². The lowest BCUT2D eigenvalue weighted by molar-refractivity contribution is -0.121. The van der Waals surface area contributed by atoms with Crippen LogP contribution in [0.3, 0.4) is 0 Å². The van der Waals surface area contributed by atoms with Crippen LogP contribution in [0.2, 0.25) is 0 Å². The monoisotopic (exact) mass is 290 g/mol. The zero-order chi connectivity index (χ0) is 16.3. The van der Waals surface area contributed by atoms with Crippen LogP contribution in [0.1, 0.15) is 33.3 Å². The van der Waals surface area contributed by atoms with Gasteiger partial charge in [-0.2, -0.15) is 0 Å². The van der Waals surface area contributed by atoms with Crippen LogP contribution in [-0.2, 0) is 4.79 Å². The number of aliphatic hydroxyl groups is 1. The second-order valence-electron chi connectivity index (χ2n) is 6.49. The van der Waals surface area contributed by atoms with E-state index in [1.54, 1.807) is 33.8 Å². The minimum absolute atomic E-state index is 0.223. The molecule has 1 rings (SSSR count). The molecule has 116 valence electrons. The number of carbonyl (C=O) groups is 1. The summed E-state index contributed by atoms with van der Waals surface area (Å²) in [5.74, 6) is -0.223. The lowest BCUT2D eigenvalue weighted by Crippen LogP contribution is -2.57. The summed E-state index contributed by atoms with van der Waals surface area (Å²) in [6.45, 7) is 6.95. The van der Waals surface area contributed by atoms with E-state index in [-0.39, 0.29) is 5.91 Å². The summed E-state index contributed by atoms with van der Waals surface area (Å²) >= 11 is 0. The van der Waals surface area contributed by atoms with Crippen LogP contribution in [0, 0.1) is 0 Å². The molecule has 21 heavy (non-hydrogen) atoms. The van der Waals surface area contributed by atoms with Crippen molar-refractivity contribution in [2.45, 2.75) is 38.8 Å². The largest absolute Gasteiger partial charge is 0.388 e. The zero-order valence-corrected chi connectivity index (χ0v) is 13.8. The molecule has 0 radical (unpaired) electrons. The molecule has 1 aromatic carbocycles. The van der Waals surface area contributed by atoms with E-state index < -0.39 is 11.1 Å². The predicted molar refractivity (Wildman–Crippen MR) is 88.3 cm³/mol. The van der Waals surface area contributed by atoms with Crippen molar-refractivity contribution in [2.75, 3.05) is 19.0 Å². The first-order valence-electron chi connectivity index (χ1n) is 7.03. The van der Waals surface area contributed by atoms with E-state index in [1.807, 2.05) is 43.3 Å². The highest BCUT2D eigenvalue weighted by Crippen LogP contribution is 2.20. The number of hydrogen-bond donors (Lipinski definition) is 2. The summed E-state index contributed by atoms with van der Waals surface area (Å²) in [7, 11) is 3.97. The molecule has 2 N–H and O–H groups in total. The van der Waals surface area contributed by atoms with Crippen molar-refractivity contribution in [1.82, 2.24) is 5.32 Å². The Hall–Kier alpha value is -1.81. The second kappa shape index (κ2) is 6.31. The standard InChI is InChI=1S/C17H26N2O2/c1-16(2,17(3,4)21)18-15(20)12-9-13-7-10-14(11-8-13)19(5)6/h7-12,21H,1-6H3,(H,18,20)/b12-9+. The van der Waals surface area contributed by atoms with E-state index in [0.29, 0.717) is 0 Å². The van der Waals surface area contributed by atoms with Gasteiger partial charge in [-0.25, -0.2) is 0 Å². The summed E-state index contributed by atoms with van der Waals surface area (Å²) in [5, 5.41) is 12.8. The van der Waals surface area contributed by atoms with E-state index >= 15 is 0 Å². The summed E-state index contributed by atoms with van der Waals surface area (Å²) < 4.78 is 0. The summed E-state index contributed by atoms with van der Waals surface area (Å²) in [6.07, 6.45) is 3.24. The number of nitrogens with zero attached hydrogens (tertiary/aromatic N) is 1. The molecule has 4 nitrogen and oxygen atoms in total. The number of rotatable bonds is 5. The van der Waals surface area contributed by atoms with Gasteiger partial charge in [-0.15, -0.1) is 0 Å². The Balaban J connectivity index is 2.70. The third kappa shape index (κ3) is 4.90. The average Bonchev–Trinajstić information content (AvgIpc) is 2.35. The zero-order valence-electron chi connectivity index (χ0n) is 13.8. The first kappa shape index (κ1) is 17.2. The van der Waals surface area contributed by atoms with Gasteiger partial charge in [-0.1, -0.05) is 12.1 Å². The minimum Gasteiger partial charge on any atom is -0.388 e. The Morgan fingerprint density at radius 3 is 2.10 bits per heavy atom. The van der Waals surface area contributed by atoms with Gasteiger partial charge in [0.1, 0.15) is 0 Å². The number of nitrogens with one attached hydrogen (secondary N) is 1. The second-order valence-corrected chi connectivity index (χ2v) is 6.49. The van der Waals surface area contributed by atoms with Crippen LogP contribution in [0.15, 0.2) is 30.3 Å². The van der Waals surface area contributed by atoms with Crippen LogP contribution < -0.4 is 10.2 Å². The Morgan fingerprint density at radius 2 is 1.67 bits per heavy atom. The Bertz CT molecular complexity index is 509. The van der Waals surface area contributed by atoms with Crippen molar-refractivity contribution < 1.29 is 9.90 Å². The van der Waals surface area contributed by atoms with Crippen LogP contribution in [-0.4, -0.2) is 36.2 Å². The highest BCUT2D eigenvalue weighted by molar-refractivity contribution is 5.92. The molecule has 0 bridgehead atoms. The van der Waals surface area contributed by atoms with Gasteiger partial charge in [0.15, 0.2) is 0 Å². The maximum atomic E-state index is 11.9.